The standard InChI is InChI=1S/C79H138O20/c1-48-27-33-62(82)24-20-22-26-64(92-15)44-71(95-18)55(8)70(84)46-79(13,59(12)78(90)58(11)76(88)51(4)32-36-66-43-68(94-17)40-53(6)97-66)99-74(86)38-30-49(2)28-34-61(81)23-19-21-25-63(91-14)41-60(47-80)54(7)69(83)45-72(98-73(85)37-29-48)56(9)77(89)57(10)75(87)50(3)31-35-65-42-67(93-16)39-52(5)96-65/h19-22,27-30,37-38,50-72,75-78,80-84,87-90H,23-26,31-36,39-47H2,1-18H3/b21-19-,22-20-,37-29+,38-30+,48-27+,49-28+/t50?,51?,52-,53-,54+,55-,56-,57?,58?,59+,60?,61+,62+,63?,64?,65?,66?,67+,68?,69-,70-,71-,72+,75-,76-,77?,78?,79+/m0/s1. The molecule has 2 fully saturated rings. The van der Waals surface area contributed by atoms with Gasteiger partial charge in [0.2, 0.25) is 0 Å². The number of carbonyl (C=O) groups excluding carboxylic acids is 2. The fourth-order valence-corrected chi connectivity index (χ4v) is 14.6. The van der Waals surface area contributed by atoms with Crippen LogP contribution >= 0.6 is 0 Å². The molecule has 0 spiro atoms. The highest BCUT2D eigenvalue weighted by Gasteiger charge is 2.46. The van der Waals surface area contributed by atoms with Gasteiger partial charge in [-0.25, -0.2) is 9.59 Å². The van der Waals surface area contributed by atoms with Gasteiger partial charge in [0.05, 0.1) is 104 Å². The van der Waals surface area contributed by atoms with Gasteiger partial charge in [-0.3, -0.25) is 0 Å². The third-order valence-corrected chi connectivity index (χ3v) is 22.4. The van der Waals surface area contributed by atoms with E-state index in [0.29, 0.717) is 68.9 Å². The van der Waals surface area contributed by atoms with Crippen LogP contribution in [0.5, 0.6) is 0 Å². The molecule has 2 saturated heterocycles. The SMILES string of the molecule is COC1C/C=C\C[C@@H](O)C/C=C(C)/C=C/C(=O)O[C@@](C)([C@H](C)C(O)C(C)[C@@H](O)C(C)CCC2CC(OC)C[C@H](C)O2)C[C@H](O)[C@H](C)[C@@H](OC)CC(OC)C/C=C\C[C@@H](O)C/C=C(C)/C=C/C(=O)O[C@@H]([C@H](C)C(O)C(C)[C@@H](O)C(C)CCC2C[C@H](OC)C[C@H](C)O2)C[C@H](O)[C@H](C)C(CO)C1. The summed E-state index contributed by atoms with van der Waals surface area (Å²) in [5, 5.41) is 105. The number of cyclic esters (lactones) is 2. The van der Waals surface area contributed by atoms with Crippen molar-refractivity contribution in [1.29, 1.82) is 0 Å². The smallest absolute Gasteiger partial charge is 0.331 e. The highest BCUT2D eigenvalue weighted by molar-refractivity contribution is 5.83. The maximum Gasteiger partial charge on any atom is 0.331 e. The molecule has 0 radical (unpaired) electrons. The largest absolute Gasteiger partial charge is 0.459 e. The molecule has 3 rings (SSSR count). The second-order valence-corrected chi connectivity index (χ2v) is 30.4. The summed E-state index contributed by atoms with van der Waals surface area (Å²) in [7, 11) is 8.17. The maximum absolute atomic E-state index is 14.0. The Labute approximate surface area is 596 Å². The van der Waals surface area contributed by atoms with Crippen molar-refractivity contribution >= 4 is 11.9 Å². The molecule has 0 aromatic rings. The lowest BCUT2D eigenvalue weighted by molar-refractivity contribution is -0.174. The molecule has 0 bridgehead atoms. The van der Waals surface area contributed by atoms with Crippen LogP contribution in [0.2, 0.25) is 0 Å². The van der Waals surface area contributed by atoms with Crippen molar-refractivity contribution in [3.63, 3.8) is 0 Å². The van der Waals surface area contributed by atoms with Gasteiger partial charge in [-0.05, 0) is 155 Å². The maximum atomic E-state index is 14.0. The first-order valence-electron chi connectivity index (χ1n) is 37.2. The molecule has 99 heavy (non-hydrogen) atoms. The number of rotatable bonds is 22. The summed E-state index contributed by atoms with van der Waals surface area (Å²) < 4.78 is 54.0. The van der Waals surface area contributed by atoms with E-state index in [1.807, 2.05) is 78.0 Å². The molecule has 0 amide bonds. The summed E-state index contributed by atoms with van der Waals surface area (Å²) in [5.41, 5.74) is -0.0929. The molecule has 0 aliphatic carbocycles. The van der Waals surface area contributed by atoms with Gasteiger partial charge in [0.25, 0.3) is 0 Å². The zero-order valence-corrected chi connectivity index (χ0v) is 63.8. The number of aliphatic hydroxyl groups excluding tert-OH is 9. The van der Waals surface area contributed by atoms with E-state index in [1.165, 1.54) is 12.2 Å². The molecule has 12 unspecified atom stereocenters. The van der Waals surface area contributed by atoms with Gasteiger partial charge >= 0.3 is 11.9 Å². The molecule has 3 aliphatic rings. The van der Waals surface area contributed by atoms with E-state index in [0.717, 1.165) is 32.1 Å². The molecule has 0 aromatic heterocycles. The number of aliphatic hydroxyl groups is 9. The van der Waals surface area contributed by atoms with Crippen molar-refractivity contribution in [3.8, 4) is 0 Å². The van der Waals surface area contributed by atoms with Gasteiger partial charge < -0.3 is 88.6 Å². The van der Waals surface area contributed by atoms with E-state index >= 15 is 0 Å². The van der Waals surface area contributed by atoms with E-state index in [2.05, 4.69) is 0 Å². The van der Waals surface area contributed by atoms with Crippen molar-refractivity contribution in [2.24, 2.45) is 53.3 Å². The van der Waals surface area contributed by atoms with Crippen molar-refractivity contribution in [2.75, 3.05) is 42.2 Å². The van der Waals surface area contributed by atoms with Crippen molar-refractivity contribution in [3.05, 3.63) is 71.9 Å². The number of hydrogen-bond donors (Lipinski definition) is 9. The fraction of sp³-hybridized carbons (Fsp3) is 0.823. The minimum Gasteiger partial charge on any atom is -0.459 e. The second-order valence-electron chi connectivity index (χ2n) is 30.4. The quantitative estimate of drug-likeness (QED) is 0.0359. The first kappa shape index (κ1) is 90.0. The summed E-state index contributed by atoms with van der Waals surface area (Å²) in [4.78, 5) is 27.8. The average Bonchev–Trinajstić information content (AvgIpc) is 0.806. The Morgan fingerprint density at radius 2 is 0.960 bits per heavy atom. The normalized spacial score (nSPS) is 37.6. The van der Waals surface area contributed by atoms with Crippen LogP contribution in [0.15, 0.2) is 71.9 Å². The number of hydrogen-bond acceptors (Lipinski definition) is 20. The molecule has 3 aliphatic heterocycles. The lowest BCUT2D eigenvalue weighted by Crippen LogP contribution is -2.51. The number of ether oxygens (including phenoxy) is 9. The molecule has 574 valence electrons. The number of esters is 2. The van der Waals surface area contributed by atoms with Gasteiger partial charge in [-0.15, -0.1) is 0 Å². The highest BCUT2D eigenvalue weighted by atomic mass is 16.6. The van der Waals surface area contributed by atoms with Crippen molar-refractivity contribution in [2.45, 2.75) is 321 Å². The molecule has 9 N–H and O–H groups in total. The van der Waals surface area contributed by atoms with Gasteiger partial charge in [0.15, 0.2) is 0 Å². The summed E-state index contributed by atoms with van der Waals surface area (Å²) in [6.45, 7) is 23.8. The fourth-order valence-electron chi connectivity index (χ4n) is 14.6. The predicted octanol–water partition coefficient (Wildman–Crippen LogP) is 10.6. The lowest BCUT2D eigenvalue weighted by atomic mass is 9.73. The van der Waals surface area contributed by atoms with Crippen LogP contribution in [-0.4, -0.2) is 216 Å². The van der Waals surface area contributed by atoms with Gasteiger partial charge in [0.1, 0.15) is 11.7 Å². The average molecular weight is 1410 g/mol. The first-order valence-corrected chi connectivity index (χ1v) is 37.2. The van der Waals surface area contributed by atoms with Gasteiger partial charge in [0, 0.05) is 103 Å². The molecule has 20 heteroatoms. The second kappa shape index (κ2) is 46.5. The van der Waals surface area contributed by atoms with Crippen LogP contribution < -0.4 is 0 Å². The molecule has 20 nitrogen and oxygen atoms in total. The molecular weight excluding hydrogens is 1270 g/mol. The molecule has 3 heterocycles. The predicted molar refractivity (Wildman–Crippen MR) is 386 cm³/mol. The zero-order chi connectivity index (χ0) is 74.3. The van der Waals surface area contributed by atoms with Gasteiger partial charge in [-0.2, -0.15) is 0 Å². The van der Waals surface area contributed by atoms with Crippen LogP contribution in [0.4, 0.5) is 0 Å². The Morgan fingerprint density at radius 3 is 1.41 bits per heavy atom. The van der Waals surface area contributed by atoms with Crippen molar-refractivity contribution in [1.82, 2.24) is 0 Å². The minimum absolute atomic E-state index is 0.0129. The Bertz CT molecular complexity index is 2430. The lowest BCUT2D eigenvalue weighted by Gasteiger charge is -2.43. The number of carbonyl (C=O) groups is 2. The Hall–Kier alpha value is -3.26. The summed E-state index contributed by atoms with van der Waals surface area (Å²) >= 11 is 0. The number of allylic oxidation sites excluding steroid dienone is 4. The van der Waals surface area contributed by atoms with Crippen LogP contribution in [0.25, 0.3) is 0 Å². The van der Waals surface area contributed by atoms with Gasteiger partial charge in [-0.1, -0.05) is 115 Å². The topological polar surface area (TPSA) is 299 Å². The van der Waals surface area contributed by atoms with E-state index in [-0.39, 0.29) is 93.0 Å². The minimum atomic E-state index is -1.46. The van der Waals surface area contributed by atoms with E-state index in [4.69, 9.17) is 42.6 Å². The summed E-state index contributed by atoms with van der Waals surface area (Å²) in [6, 6.07) is 0. The Kier molecular flexibility index (Phi) is 42.3. The van der Waals surface area contributed by atoms with Crippen molar-refractivity contribution < 1.29 is 98.2 Å². The third kappa shape index (κ3) is 31.5. The molecule has 0 saturated carbocycles. The highest BCUT2D eigenvalue weighted by Crippen LogP contribution is 2.39. The van der Waals surface area contributed by atoms with Crippen LogP contribution in [-0.2, 0) is 52.2 Å². The Balaban J connectivity index is 1.92. The zero-order valence-electron chi connectivity index (χ0n) is 63.8. The van der Waals surface area contributed by atoms with Crippen LogP contribution in [0, 0.1) is 53.3 Å². The number of methoxy groups -OCH3 is 5. The van der Waals surface area contributed by atoms with E-state index in [1.54, 1.807) is 96.2 Å². The van der Waals surface area contributed by atoms with E-state index < -0.39 is 120 Å². The summed E-state index contributed by atoms with van der Waals surface area (Å²) in [5.74, 6) is -6.14. The summed E-state index contributed by atoms with van der Waals surface area (Å²) in [6.07, 6.45) is 15.7. The Morgan fingerprint density at radius 1 is 0.515 bits per heavy atom. The monoisotopic (exact) mass is 1410 g/mol. The molecular formula is C79H138O20. The third-order valence-electron chi connectivity index (χ3n) is 22.4. The molecule has 28 atom stereocenters. The molecule has 0 aromatic carbocycles. The van der Waals surface area contributed by atoms with Crippen LogP contribution in [0.3, 0.4) is 0 Å². The first-order chi connectivity index (χ1) is 46.7. The van der Waals surface area contributed by atoms with Crippen LogP contribution in [0.1, 0.15) is 206 Å². The van der Waals surface area contributed by atoms with E-state index in [9.17, 15) is 55.5 Å².